The van der Waals surface area contributed by atoms with Crippen molar-refractivity contribution in [1.82, 2.24) is 19.7 Å². The number of hydrogen-bond donors (Lipinski definition) is 0. The molecule has 2 aromatic rings. The second kappa shape index (κ2) is 5.97. The van der Waals surface area contributed by atoms with Crippen LogP contribution < -0.4 is 0 Å². The standard InChI is InChI=1S/C15H22N4O2/c1-10(2)12-8-11(4-7-20-12)9-13-17-14(18-21-13)15-16-5-6-19(15)3/h5-6,10-12H,4,7-9H2,1-3H3/t11-,12-/m1/s1. The molecule has 1 aliphatic rings. The first-order valence-corrected chi connectivity index (χ1v) is 7.55. The SMILES string of the molecule is CC(C)[C@H]1C[C@H](Cc2nc(-c3nccn3C)no2)CCO1. The first kappa shape index (κ1) is 14.3. The minimum Gasteiger partial charge on any atom is -0.378 e. The Morgan fingerprint density at radius 2 is 2.29 bits per heavy atom. The van der Waals surface area contributed by atoms with Gasteiger partial charge in [-0.25, -0.2) is 4.98 Å². The fraction of sp³-hybridized carbons (Fsp3) is 0.667. The van der Waals surface area contributed by atoms with Crippen molar-refractivity contribution in [3.8, 4) is 11.6 Å². The predicted molar refractivity (Wildman–Crippen MR) is 77.5 cm³/mol. The van der Waals surface area contributed by atoms with Gasteiger partial charge in [-0.05, 0) is 24.7 Å². The molecule has 3 rings (SSSR count). The molecule has 0 unspecified atom stereocenters. The maximum atomic E-state index is 5.81. The van der Waals surface area contributed by atoms with Gasteiger partial charge in [0.05, 0.1) is 6.10 Å². The lowest BCUT2D eigenvalue weighted by Gasteiger charge is -2.31. The first-order chi connectivity index (χ1) is 10.1. The summed E-state index contributed by atoms with van der Waals surface area (Å²) in [6, 6.07) is 0. The minimum absolute atomic E-state index is 0.348. The maximum absolute atomic E-state index is 5.81. The highest BCUT2D eigenvalue weighted by molar-refractivity contribution is 5.42. The van der Waals surface area contributed by atoms with Crippen molar-refractivity contribution in [3.05, 3.63) is 18.3 Å². The molecule has 2 atom stereocenters. The fourth-order valence-corrected chi connectivity index (χ4v) is 2.81. The lowest BCUT2D eigenvalue weighted by atomic mass is 9.88. The number of rotatable bonds is 4. The van der Waals surface area contributed by atoms with E-state index in [-0.39, 0.29) is 0 Å². The van der Waals surface area contributed by atoms with Crippen molar-refractivity contribution in [2.24, 2.45) is 18.9 Å². The van der Waals surface area contributed by atoms with Gasteiger partial charge in [-0.15, -0.1) is 0 Å². The molecule has 1 saturated heterocycles. The molecule has 1 fully saturated rings. The zero-order chi connectivity index (χ0) is 14.8. The smallest absolute Gasteiger partial charge is 0.238 e. The fourth-order valence-electron chi connectivity index (χ4n) is 2.81. The van der Waals surface area contributed by atoms with E-state index in [4.69, 9.17) is 9.26 Å². The van der Waals surface area contributed by atoms with Crippen LogP contribution in [0.25, 0.3) is 11.6 Å². The van der Waals surface area contributed by atoms with Crippen LogP contribution >= 0.6 is 0 Å². The molecule has 1 aliphatic heterocycles. The van der Waals surface area contributed by atoms with Crippen LogP contribution in [0.1, 0.15) is 32.6 Å². The molecular weight excluding hydrogens is 268 g/mol. The lowest BCUT2D eigenvalue weighted by molar-refractivity contribution is -0.0349. The van der Waals surface area contributed by atoms with Crippen LogP contribution in [-0.4, -0.2) is 32.4 Å². The monoisotopic (exact) mass is 290 g/mol. The summed E-state index contributed by atoms with van der Waals surface area (Å²) in [6.07, 6.45) is 6.90. The summed E-state index contributed by atoms with van der Waals surface area (Å²) < 4.78 is 13.1. The van der Waals surface area contributed by atoms with Crippen LogP contribution in [0.4, 0.5) is 0 Å². The van der Waals surface area contributed by atoms with Gasteiger partial charge in [0.15, 0.2) is 5.82 Å². The molecule has 0 aromatic carbocycles. The number of nitrogens with zero attached hydrogens (tertiary/aromatic N) is 4. The highest BCUT2D eigenvalue weighted by Crippen LogP contribution is 2.27. The number of aryl methyl sites for hydroxylation is 1. The summed E-state index contributed by atoms with van der Waals surface area (Å²) in [5.41, 5.74) is 0. The highest BCUT2D eigenvalue weighted by Gasteiger charge is 2.26. The first-order valence-electron chi connectivity index (χ1n) is 7.55. The van der Waals surface area contributed by atoms with E-state index in [0.717, 1.165) is 31.7 Å². The molecule has 0 N–H and O–H groups in total. The van der Waals surface area contributed by atoms with Crippen molar-refractivity contribution < 1.29 is 9.26 Å². The average Bonchev–Trinajstić information content (AvgIpc) is 3.08. The van der Waals surface area contributed by atoms with Gasteiger partial charge in [0.1, 0.15) is 0 Å². The van der Waals surface area contributed by atoms with Crippen molar-refractivity contribution >= 4 is 0 Å². The molecule has 0 radical (unpaired) electrons. The molecule has 114 valence electrons. The molecule has 6 heteroatoms. The number of hydrogen-bond acceptors (Lipinski definition) is 5. The molecule has 2 aromatic heterocycles. The topological polar surface area (TPSA) is 66.0 Å². The Balaban J connectivity index is 1.66. The van der Waals surface area contributed by atoms with Gasteiger partial charge in [0.2, 0.25) is 11.7 Å². The van der Waals surface area contributed by atoms with Crippen LogP contribution in [0.5, 0.6) is 0 Å². The summed E-state index contributed by atoms with van der Waals surface area (Å²) in [7, 11) is 1.92. The van der Waals surface area contributed by atoms with E-state index in [1.54, 1.807) is 6.20 Å². The second-order valence-electron chi connectivity index (χ2n) is 6.12. The third kappa shape index (κ3) is 3.15. The van der Waals surface area contributed by atoms with E-state index in [9.17, 15) is 0 Å². The zero-order valence-electron chi connectivity index (χ0n) is 12.8. The number of ether oxygens (including phenoxy) is 1. The Morgan fingerprint density at radius 3 is 3.00 bits per heavy atom. The Bertz CT molecular complexity index is 590. The summed E-state index contributed by atoms with van der Waals surface area (Å²) in [6.45, 7) is 5.24. The van der Waals surface area contributed by atoms with Gasteiger partial charge < -0.3 is 13.8 Å². The van der Waals surface area contributed by atoms with E-state index in [0.29, 0.717) is 29.7 Å². The Hall–Kier alpha value is -1.69. The molecule has 0 spiro atoms. The van der Waals surface area contributed by atoms with Crippen molar-refractivity contribution in [3.63, 3.8) is 0 Å². The molecule has 0 amide bonds. The predicted octanol–water partition coefficient (Wildman–Crippen LogP) is 2.46. The van der Waals surface area contributed by atoms with Gasteiger partial charge in [-0.2, -0.15) is 4.98 Å². The van der Waals surface area contributed by atoms with Crippen LogP contribution in [0.3, 0.4) is 0 Å². The summed E-state index contributed by atoms with van der Waals surface area (Å²) >= 11 is 0. The molecule has 0 aliphatic carbocycles. The maximum Gasteiger partial charge on any atom is 0.238 e. The summed E-state index contributed by atoms with van der Waals surface area (Å²) in [4.78, 5) is 8.71. The van der Waals surface area contributed by atoms with Gasteiger partial charge in [0, 0.05) is 32.5 Å². The average molecular weight is 290 g/mol. The van der Waals surface area contributed by atoms with E-state index >= 15 is 0 Å². The summed E-state index contributed by atoms with van der Waals surface area (Å²) in [5, 5.41) is 4.04. The quantitative estimate of drug-likeness (QED) is 0.865. The molecule has 0 bridgehead atoms. The van der Waals surface area contributed by atoms with E-state index in [1.165, 1.54) is 0 Å². The Kier molecular flexibility index (Phi) is 4.05. The third-order valence-electron chi connectivity index (χ3n) is 4.12. The van der Waals surface area contributed by atoms with Crippen molar-refractivity contribution in [2.75, 3.05) is 6.61 Å². The van der Waals surface area contributed by atoms with Gasteiger partial charge in [-0.3, -0.25) is 0 Å². The zero-order valence-corrected chi connectivity index (χ0v) is 12.8. The van der Waals surface area contributed by atoms with Crippen molar-refractivity contribution in [1.29, 1.82) is 0 Å². The molecule has 6 nitrogen and oxygen atoms in total. The van der Waals surface area contributed by atoms with E-state index < -0.39 is 0 Å². The minimum atomic E-state index is 0.348. The largest absolute Gasteiger partial charge is 0.378 e. The van der Waals surface area contributed by atoms with Crippen LogP contribution in [-0.2, 0) is 18.2 Å². The second-order valence-corrected chi connectivity index (χ2v) is 6.12. The highest BCUT2D eigenvalue weighted by atomic mass is 16.5. The normalized spacial score (nSPS) is 22.9. The lowest BCUT2D eigenvalue weighted by Crippen LogP contribution is -2.30. The van der Waals surface area contributed by atoms with Gasteiger partial charge in [0.25, 0.3) is 0 Å². The number of imidazole rings is 1. The van der Waals surface area contributed by atoms with E-state index in [1.807, 2.05) is 17.8 Å². The van der Waals surface area contributed by atoms with E-state index in [2.05, 4.69) is 29.0 Å². The van der Waals surface area contributed by atoms with Gasteiger partial charge >= 0.3 is 0 Å². The molecule has 0 saturated carbocycles. The molecule has 3 heterocycles. The Morgan fingerprint density at radius 1 is 1.43 bits per heavy atom. The van der Waals surface area contributed by atoms with Crippen molar-refractivity contribution in [2.45, 2.75) is 39.2 Å². The Labute approximate surface area is 124 Å². The third-order valence-corrected chi connectivity index (χ3v) is 4.12. The molecule has 21 heavy (non-hydrogen) atoms. The van der Waals surface area contributed by atoms with Crippen LogP contribution in [0, 0.1) is 11.8 Å². The van der Waals surface area contributed by atoms with Crippen LogP contribution in [0.15, 0.2) is 16.9 Å². The molecular formula is C15H22N4O2. The van der Waals surface area contributed by atoms with Crippen LogP contribution in [0.2, 0.25) is 0 Å². The summed E-state index contributed by atoms with van der Waals surface area (Å²) in [5.74, 6) is 3.10. The van der Waals surface area contributed by atoms with Gasteiger partial charge in [-0.1, -0.05) is 19.0 Å². The number of aromatic nitrogens is 4.